The first-order valence-electron chi connectivity index (χ1n) is 6.93. The molecule has 2 aromatic carbocycles. The van der Waals surface area contributed by atoms with E-state index in [0.717, 1.165) is 21.7 Å². The van der Waals surface area contributed by atoms with Crippen LogP contribution < -0.4 is 15.0 Å². The zero-order valence-electron chi connectivity index (χ0n) is 12.9. The number of hydrogen-bond donors (Lipinski definition) is 1. The largest absolute Gasteiger partial charge is 0.457 e. The fourth-order valence-corrected chi connectivity index (χ4v) is 2.74. The molecule has 0 fully saturated rings. The van der Waals surface area contributed by atoms with Crippen molar-refractivity contribution >= 4 is 21.6 Å². The molecule has 0 aliphatic rings. The first-order valence-corrected chi connectivity index (χ1v) is 7.72. The molecule has 0 aromatic heterocycles. The monoisotopic (exact) mass is 348 g/mol. The van der Waals surface area contributed by atoms with Crippen molar-refractivity contribution in [3.05, 3.63) is 52.5 Å². The van der Waals surface area contributed by atoms with Gasteiger partial charge < -0.3 is 15.0 Å². The third-order valence-corrected chi connectivity index (χ3v) is 4.13. The lowest BCUT2D eigenvalue weighted by Crippen LogP contribution is -2.12. The van der Waals surface area contributed by atoms with Gasteiger partial charge in [-0.1, -0.05) is 28.1 Å². The minimum absolute atomic E-state index is 0.297. The summed E-state index contributed by atoms with van der Waals surface area (Å²) in [4.78, 5) is 2.06. The van der Waals surface area contributed by atoms with Crippen molar-refractivity contribution in [3.8, 4) is 11.5 Å². The molecule has 0 aliphatic heterocycles. The molecule has 0 bridgehead atoms. The van der Waals surface area contributed by atoms with Gasteiger partial charge in [0.1, 0.15) is 11.5 Å². The topological polar surface area (TPSA) is 24.5 Å². The standard InChI is InChI=1S/C17H21BrN2O/c1-12(19-2)16-9-8-15(11-17(16)18)21-14-7-5-6-13(10-14)20(3)4/h5-12,19H,1-4H3. The Morgan fingerprint density at radius 1 is 1.10 bits per heavy atom. The van der Waals surface area contributed by atoms with Crippen LogP contribution in [0.4, 0.5) is 5.69 Å². The van der Waals surface area contributed by atoms with E-state index in [1.807, 2.05) is 51.5 Å². The van der Waals surface area contributed by atoms with E-state index < -0.39 is 0 Å². The van der Waals surface area contributed by atoms with Gasteiger partial charge in [-0.3, -0.25) is 0 Å². The molecule has 1 N–H and O–H groups in total. The predicted octanol–water partition coefficient (Wildman–Crippen LogP) is 4.59. The first kappa shape index (κ1) is 15.9. The highest BCUT2D eigenvalue weighted by atomic mass is 79.9. The van der Waals surface area contributed by atoms with Gasteiger partial charge in [0.2, 0.25) is 0 Å². The molecule has 21 heavy (non-hydrogen) atoms. The first-order chi connectivity index (χ1) is 10.0. The summed E-state index contributed by atoms with van der Waals surface area (Å²) < 4.78 is 6.99. The zero-order valence-corrected chi connectivity index (χ0v) is 14.4. The molecule has 1 atom stereocenters. The maximum absolute atomic E-state index is 5.94. The molecule has 0 aliphatic carbocycles. The third kappa shape index (κ3) is 3.99. The van der Waals surface area contributed by atoms with Gasteiger partial charge >= 0.3 is 0 Å². The van der Waals surface area contributed by atoms with Gasteiger partial charge in [0.15, 0.2) is 0 Å². The lowest BCUT2D eigenvalue weighted by Gasteiger charge is -2.16. The summed E-state index contributed by atoms with van der Waals surface area (Å²) in [5.74, 6) is 1.66. The van der Waals surface area contributed by atoms with Crippen LogP contribution in [0.2, 0.25) is 0 Å². The second kappa shape index (κ2) is 6.96. The van der Waals surface area contributed by atoms with E-state index in [1.165, 1.54) is 5.56 Å². The molecular formula is C17H21BrN2O. The van der Waals surface area contributed by atoms with Gasteiger partial charge in [-0.2, -0.15) is 0 Å². The smallest absolute Gasteiger partial charge is 0.129 e. The van der Waals surface area contributed by atoms with Gasteiger partial charge in [0, 0.05) is 36.4 Å². The van der Waals surface area contributed by atoms with E-state index in [4.69, 9.17) is 4.74 Å². The molecule has 0 radical (unpaired) electrons. The number of rotatable bonds is 5. The summed E-state index contributed by atoms with van der Waals surface area (Å²) in [5, 5.41) is 3.23. The second-order valence-corrected chi connectivity index (χ2v) is 6.04. The van der Waals surface area contributed by atoms with Gasteiger partial charge in [0.25, 0.3) is 0 Å². The number of nitrogens with one attached hydrogen (secondary N) is 1. The second-order valence-electron chi connectivity index (χ2n) is 5.19. The van der Waals surface area contributed by atoms with E-state index in [-0.39, 0.29) is 0 Å². The van der Waals surface area contributed by atoms with E-state index in [0.29, 0.717) is 6.04 Å². The maximum atomic E-state index is 5.94. The Labute approximate surface area is 135 Å². The highest BCUT2D eigenvalue weighted by Gasteiger charge is 2.09. The third-order valence-electron chi connectivity index (χ3n) is 3.44. The summed E-state index contributed by atoms with van der Waals surface area (Å²) in [5.41, 5.74) is 2.33. The van der Waals surface area contributed by atoms with Crippen molar-refractivity contribution in [2.45, 2.75) is 13.0 Å². The van der Waals surface area contributed by atoms with Crippen LogP contribution in [0.1, 0.15) is 18.5 Å². The van der Waals surface area contributed by atoms with E-state index in [1.54, 1.807) is 0 Å². The summed E-state index contributed by atoms with van der Waals surface area (Å²) >= 11 is 3.61. The number of nitrogens with zero attached hydrogens (tertiary/aromatic N) is 1. The van der Waals surface area contributed by atoms with Crippen molar-refractivity contribution < 1.29 is 4.74 Å². The van der Waals surface area contributed by atoms with Crippen LogP contribution >= 0.6 is 15.9 Å². The Bertz CT molecular complexity index is 613. The Balaban J connectivity index is 2.20. The molecule has 0 saturated heterocycles. The van der Waals surface area contributed by atoms with Crippen molar-refractivity contribution in [2.75, 3.05) is 26.0 Å². The molecule has 2 rings (SSSR count). The van der Waals surface area contributed by atoms with Crippen LogP contribution in [0.5, 0.6) is 11.5 Å². The molecule has 2 aromatic rings. The molecule has 0 saturated carbocycles. The van der Waals surface area contributed by atoms with Crippen molar-refractivity contribution in [1.29, 1.82) is 0 Å². The minimum atomic E-state index is 0.297. The number of anilines is 1. The molecule has 0 spiro atoms. The van der Waals surface area contributed by atoms with Gasteiger partial charge in [-0.05, 0) is 43.8 Å². The predicted molar refractivity (Wildman–Crippen MR) is 92.5 cm³/mol. The van der Waals surface area contributed by atoms with E-state index in [9.17, 15) is 0 Å². The number of ether oxygens (including phenoxy) is 1. The van der Waals surface area contributed by atoms with Crippen LogP contribution in [-0.2, 0) is 0 Å². The molecule has 4 heteroatoms. The summed E-state index contributed by atoms with van der Waals surface area (Å²) in [7, 11) is 5.99. The Morgan fingerprint density at radius 3 is 2.43 bits per heavy atom. The molecule has 1 unspecified atom stereocenters. The highest BCUT2D eigenvalue weighted by Crippen LogP contribution is 2.31. The van der Waals surface area contributed by atoms with Crippen LogP contribution in [0, 0.1) is 0 Å². The average molecular weight is 349 g/mol. The van der Waals surface area contributed by atoms with Crippen molar-refractivity contribution in [3.63, 3.8) is 0 Å². The van der Waals surface area contributed by atoms with Gasteiger partial charge in [-0.25, -0.2) is 0 Å². The lowest BCUT2D eigenvalue weighted by molar-refractivity contribution is 0.481. The zero-order chi connectivity index (χ0) is 15.4. The van der Waals surface area contributed by atoms with E-state index in [2.05, 4.69) is 45.2 Å². The molecule has 0 amide bonds. The summed E-state index contributed by atoms with van der Waals surface area (Å²) in [6.45, 7) is 2.13. The molecule has 112 valence electrons. The van der Waals surface area contributed by atoms with Crippen molar-refractivity contribution in [2.24, 2.45) is 0 Å². The minimum Gasteiger partial charge on any atom is -0.457 e. The fourth-order valence-electron chi connectivity index (χ4n) is 2.04. The number of benzene rings is 2. The molecule has 3 nitrogen and oxygen atoms in total. The van der Waals surface area contributed by atoms with Crippen LogP contribution in [0.3, 0.4) is 0 Å². The Kier molecular flexibility index (Phi) is 5.26. The Morgan fingerprint density at radius 2 is 1.81 bits per heavy atom. The number of halogens is 1. The summed E-state index contributed by atoms with van der Waals surface area (Å²) in [6, 6.07) is 14.4. The number of hydrogen-bond acceptors (Lipinski definition) is 3. The molecular weight excluding hydrogens is 328 g/mol. The normalized spacial score (nSPS) is 12.0. The average Bonchev–Trinajstić information content (AvgIpc) is 2.47. The van der Waals surface area contributed by atoms with E-state index >= 15 is 0 Å². The van der Waals surface area contributed by atoms with Crippen LogP contribution in [0.25, 0.3) is 0 Å². The lowest BCUT2D eigenvalue weighted by atomic mass is 10.1. The van der Waals surface area contributed by atoms with Crippen LogP contribution in [-0.4, -0.2) is 21.1 Å². The quantitative estimate of drug-likeness (QED) is 0.855. The van der Waals surface area contributed by atoms with Gasteiger partial charge in [-0.15, -0.1) is 0 Å². The Hall–Kier alpha value is -1.52. The maximum Gasteiger partial charge on any atom is 0.129 e. The van der Waals surface area contributed by atoms with Gasteiger partial charge in [0.05, 0.1) is 0 Å². The van der Waals surface area contributed by atoms with Crippen LogP contribution in [0.15, 0.2) is 46.9 Å². The van der Waals surface area contributed by atoms with Crippen molar-refractivity contribution in [1.82, 2.24) is 5.32 Å². The fraction of sp³-hybridized carbons (Fsp3) is 0.294. The highest BCUT2D eigenvalue weighted by molar-refractivity contribution is 9.10. The summed E-state index contributed by atoms with van der Waals surface area (Å²) in [6.07, 6.45) is 0. The SMILES string of the molecule is CNC(C)c1ccc(Oc2cccc(N(C)C)c2)cc1Br. The molecule has 0 heterocycles.